The fourth-order valence-corrected chi connectivity index (χ4v) is 1.95. The fraction of sp³-hybridized carbons (Fsp3) is 0.167. The monoisotopic (exact) mass is 203 g/mol. The number of anilines is 2. The van der Waals surface area contributed by atoms with Gasteiger partial charge in [-0.15, -0.1) is 11.3 Å². The predicted octanol–water partition coefficient (Wildman–Crippen LogP) is 4.11. The molecule has 2 rings (SSSR count). The molecule has 0 bridgehead atoms. The number of hydrogen-bond donors (Lipinski definition) is 1. The van der Waals surface area contributed by atoms with E-state index >= 15 is 0 Å². The van der Waals surface area contributed by atoms with E-state index in [0.29, 0.717) is 0 Å². The quantitative estimate of drug-likeness (QED) is 0.774. The van der Waals surface area contributed by atoms with Gasteiger partial charge in [0.25, 0.3) is 0 Å². The number of thiophene rings is 1. The van der Waals surface area contributed by atoms with E-state index in [9.17, 15) is 0 Å². The molecule has 0 radical (unpaired) electrons. The highest BCUT2D eigenvalue weighted by Gasteiger charge is 1.96. The molecular formula is C12H13NS. The molecule has 1 N–H and O–H groups in total. The topological polar surface area (TPSA) is 12.0 Å². The van der Waals surface area contributed by atoms with Crippen molar-refractivity contribution in [2.75, 3.05) is 5.32 Å². The molecule has 0 amide bonds. The van der Waals surface area contributed by atoms with Crippen molar-refractivity contribution in [3.63, 3.8) is 0 Å². The summed E-state index contributed by atoms with van der Waals surface area (Å²) in [6.45, 7) is 4.21. The Morgan fingerprint density at radius 2 is 1.71 bits per heavy atom. The number of hydrogen-bond acceptors (Lipinski definition) is 2. The lowest BCUT2D eigenvalue weighted by molar-refractivity contribution is 1.46. The van der Waals surface area contributed by atoms with Crippen LogP contribution in [0.15, 0.2) is 35.7 Å². The number of benzene rings is 1. The zero-order valence-corrected chi connectivity index (χ0v) is 9.19. The molecule has 0 saturated heterocycles. The molecule has 1 aromatic carbocycles. The van der Waals surface area contributed by atoms with E-state index in [-0.39, 0.29) is 0 Å². The normalized spacial score (nSPS) is 10.1. The van der Waals surface area contributed by atoms with E-state index in [1.807, 2.05) is 0 Å². The number of rotatable bonds is 2. The first-order chi connectivity index (χ1) is 6.74. The summed E-state index contributed by atoms with van der Waals surface area (Å²) >= 11 is 1.76. The third-order valence-electron chi connectivity index (χ3n) is 2.07. The first-order valence-corrected chi connectivity index (χ1v) is 5.51. The van der Waals surface area contributed by atoms with Crippen LogP contribution in [0.5, 0.6) is 0 Å². The van der Waals surface area contributed by atoms with Crippen molar-refractivity contribution in [2.24, 2.45) is 0 Å². The largest absolute Gasteiger partial charge is 0.355 e. The van der Waals surface area contributed by atoms with Crippen LogP contribution < -0.4 is 5.32 Å². The van der Waals surface area contributed by atoms with Crippen molar-refractivity contribution in [3.05, 3.63) is 46.2 Å². The average Bonchev–Trinajstić information content (AvgIpc) is 2.56. The number of aryl methyl sites for hydroxylation is 2. The average molecular weight is 203 g/mol. The van der Waals surface area contributed by atoms with E-state index in [2.05, 4.69) is 54.9 Å². The Hall–Kier alpha value is -1.28. The van der Waals surface area contributed by atoms with Crippen molar-refractivity contribution in [1.82, 2.24) is 0 Å². The van der Waals surface area contributed by atoms with Gasteiger partial charge in [0, 0.05) is 21.6 Å². The van der Waals surface area contributed by atoms with Crippen molar-refractivity contribution < 1.29 is 0 Å². The van der Waals surface area contributed by atoms with Crippen molar-refractivity contribution >= 4 is 22.7 Å². The highest BCUT2D eigenvalue weighted by atomic mass is 32.1. The third-order valence-corrected chi connectivity index (χ3v) is 2.93. The van der Waals surface area contributed by atoms with Gasteiger partial charge in [-0.05, 0) is 32.0 Å². The van der Waals surface area contributed by atoms with Crippen LogP contribution in [0.4, 0.5) is 11.4 Å². The molecular weight excluding hydrogens is 190 g/mol. The summed E-state index contributed by atoms with van der Waals surface area (Å²) in [6, 6.07) is 10.6. The Kier molecular flexibility index (Phi) is 2.55. The zero-order chi connectivity index (χ0) is 9.97. The molecule has 0 saturated carbocycles. The molecule has 14 heavy (non-hydrogen) atoms. The molecule has 0 aliphatic carbocycles. The van der Waals surface area contributed by atoms with Gasteiger partial charge < -0.3 is 5.32 Å². The van der Waals surface area contributed by atoms with Gasteiger partial charge in [-0.2, -0.15) is 0 Å². The fourth-order valence-electron chi connectivity index (χ4n) is 1.31. The summed E-state index contributed by atoms with van der Waals surface area (Å²) in [6.07, 6.45) is 0. The minimum Gasteiger partial charge on any atom is -0.355 e. The van der Waals surface area contributed by atoms with E-state index in [4.69, 9.17) is 0 Å². The van der Waals surface area contributed by atoms with Gasteiger partial charge in [0.05, 0.1) is 0 Å². The summed E-state index contributed by atoms with van der Waals surface area (Å²) in [5.74, 6) is 0. The molecule has 0 aliphatic rings. The van der Waals surface area contributed by atoms with E-state index in [1.165, 1.54) is 16.1 Å². The van der Waals surface area contributed by atoms with Crippen LogP contribution in [0, 0.1) is 13.8 Å². The number of nitrogens with one attached hydrogen (secondary N) is 1. The van der Waals surface area contributed by atoms with Crippen molar-refractivity contribution in [3.8, 4) is 0 Å². The molecule has 0 aliphatic heterocycles. The Balaban J connectivity index is 2.15. The van der Waals surface area contributed by atoms with Crippen LogP contribution in [0.3, 0.4) is 0 Å². The van der Waals surface area contributed by atoms with Crippen LogP contribution in [0.1, 0.15) is 10.4 Å². The molecule has 2 heteroatoms. The minimum atomic E-state index is 1.15. The Labute approximate surface area is 88.4 Å². The SMILES string of the molecule is Cc1ccc(Nc2csc(C)c2)cc1. The van der Waals surface area contributed by atoms with Crippen LogP contribution in [0.25, 0.3) is 0 Å². The summed E-state index contributed by atoms with van der Waals surface area (Å²) in [5.41, 5.74) is 3.61. The standard InChI is InChI=1S/C12H13NS/c1-9-3-5-11(6-4-9)13-12-7-10(2)14-8-12/h3-8,13H,1-2H3. The van der Waals surface area contributed by atoms with Crippen molar-refractivity contribution in [2.45, 2.75) is 13.8 Å². The van der Waals surface area contributed by atoms with E-state index in [0.717, 1.165) is 5.69 Å². The summed E-state index contributed by atoms with van der Waals surface area (Å²) < 4.78 is 0. The first kappa shape index (κ1) is 9.28. The van der Waals surface area contributed by atoms with Gasteiger partial charge in [0.1, 0.15) is 0 Å². The van der Waals surface area contributed by atoms with E-state index < -0.39 is 0 Å². The summed E-state index contributed by atoms with van der Waals surface area (Å²) in [7, 11) is 0. The van der Waals surface area contributed by atoms with Gasteiger partial charge in [0.15, 0.2) is 0 Å². The minimum absolute atomic E-state index is 1.15. The van der Waals surface area contributed by atoms with Crippen LogP contribution in [-0.4, -0.2) is 0 Å². The molecule has 1 aromatic heterocycles. The molecule has 0 fully saturated rings. The maximum atomic E-state index is 3.36. The molecule has 0 spiro atoms. The lowest BCUT2D eigenvalue weighted by atomic mass is 10.2. The Morgan fingerprint density at radius 3 is 2.29 bits per heavy atom. The summed E-state index contributed by atoms with van der Waals surface area (Å²) in [4.78, 5) is 1.33. The lowest BCUT2D eigenvalue weighted by Gasteiger charge is -2.03. The highest BCUT2D eigenvalue weighted by Crippen LogP contribution is 2.22. The maximum absolute atomic E-state index is 3.36. The van der Waals surface area contributed by atoms with Gasteiger partial charge in [-0.1, -0.05) is 17.7 Å². The molecule has 1 nitrogen and oxygen atoms in total. The molecule has 0 atom stereocenters. The maximum Gasteiger partial charge on any atom is 0.0495 e. The van der Waals surface area contributed by atoms with Crippen LogP contribution in [-0.2, 0) is 0 Å². The van der Waals surface area contributed by atoms with Gasteiger partial charge in [0.2, 0.25) is 0 Å². The molecule has 0 unspecified atom stereocenters. The second kappa shape index (κ2) is 3.84. The van der Waals surface area contributed by atoms with E-state index in [1.54, 1.807) is 11.3 Å². The van der Waals surface area contributed by atoms with Crippen LogP contribution >= 0.6 is 11.3 Å². The molecule has 1 heterocycles. The van der Waals surface area contributed by atoms with Gasteiger partial charge in [-0.25, -0.2) is 0 Å². The summed E-state index contributed by atoms with van der Waals surface area (Å²) in [5, 5.41) is 5.50. The third kappa shape index (κ3) is 2.15. The van der Waals surface area contributed by atoms with Gasteiger partial charge in [-0.3, -0.25) is 0 Å². The van der Waals surface area contributed by atoms with Crippen molar-refractivity contribution in [1.29, 1.82) is 0 Å². The predicted molar refractivity (Wildman–Crippen MR) is 63.5 cm³/mol. The second-order valence-electron chi connectivity index (χ2n) is 3.44. The molecule has 2 aromatic rings. The lowest BCUT2D eigenvalue weighted by Crippen LogP contribution is -1.87. The first-order valence-electron chi connectivity index (χ1n) is 4.63. The zero-order valence-electron chi connectivity index (χ0n) is 8.37. The molecule has 72 valence electrons. The smallest absolute Gasteiger partial charge is 0.0495 e. The van der Waals surface area contributed by atoms with Crippen LogP contribution in [0.2, 0.25) is 0 Å². The highest BCUT2D eigenvalue weighted by molar-refractivity contribution is 7.10. The second-order valence-corrected chi connectivity index (χ2v) is 4.55. The Bertz CT molecular complexity index is 414. The van der Waals surface area contributed by atoms with Gasteiger partial charge >= 0.3 is 0 Å². The Morgan fingerprint density at radius 1 is 1.00 bits per heavy atom.